The highest BCUT2D eigenvalue weighted by atomic mass is 35.5. The Labute approximate surface area is 118 Å². The molecule has 100 valence electrons. The number of thioether (sulfide) groups is 1. The molecule has 0 fully saturated rings. The normalized spacial score (nSPS) is 17.8. The Morgan fingerprint density at radius 1 is 1.50 bits per heavy atom. The highest BCUT2D eigenvalue weighted by Gasteiger charge is 2.30. The van der Waals surface area contributed by atoms with Crippen LogP contribution in [0.25, 0.3) is 0 Å². The van der Waals surface area contributed by atoms with E-state index in [1.807, 2.05) is 26.0 Å². The number of fused-ring (bicyclic) bond motifs is 1. The molecule has 0 aliphatic carbocycles. The van der Waals surface area contributed by atoms with Gasteiger partial charge in [0.05, 0.1) is 5.25 Å². The third-order valence-electron chi connectivity index (χ3n) is 2.91. The number of nitrogens with two attached hydrogens (primary N) is 1. The van der Waals surface area contributed by atoms with Gasteiger partial charge in [-0.15, -0.1) is 24.2 Å². The maximum Gasteiger partial charge on any atom is 0.234 e. The van der Waals surface area contributed by atoms with Gasteiger partial charge in [0.2, 0.25) is 5.91 Å². The third kappa shape index (κ3) is 3.40. The second-order valence-electron chi connectivity index (χ2n) is 5.00. The van der Waals surface area contributed by atoms with Gasteiger partial charge in [-0.05, 0) is 31.9 Å². The lowest BCUT2D eigenvalue weighted by atomic mass is 10.0. The van der Waals surface area contributed by atoms with E-state index in [1.54, 1.807) is 11.8 Å². The molecule has 5 heteroatoms. The van der Waals surface area contributed by atoms with Gasteiger partial charge in [0.15, 0.2) is 0 Å². The van der Waals surface area contributed by atoms with E-state index in [4.69, 9.17) is 5.73 Å². The van der Waals surface area contributed by atoms with Crippen molar-refractivity contribution < 1.29 is 4.79 Å². The van der Waals surface area contributed by atoms with E-state index in [2.05, 4.69) is 17.4 Å². The van der Waals surface area contributed by atoms with E-state index in [9.17, 15) is 4.79 Å². The Balaban J connectivity index is 0.00000162. The summed E-state index contributed by atoms with van der Waals surface area (Å²) in [5, 5.41) is 2.98. The molecule has 18 heavy (non-hydrogen) atoms. The number of carbonyl (C=O) groups is 1. The van der Waals surface area contributed by atoms with Crippen LogP contribution in [0, 0.1) is 0 Å². The molecule has 0 radical (unpaired) electrons. The Kier molecular flexibility index (Phi) is 5.08. The fourth-order valence-electron chi connectivity index (χ4n) is 1.79. The summed E-state index contributed by atoms with van der Waals surface area (Å²) < 4.78 is 0. The molecule has 1 unspecified atom stereocenters. The van der Waals surface area contributed by atoms with Crippen molar-refractivity contribution in [2.45, 2.75) is 36.0 Å². The van der Waals surface area contributed by atoms with Crippen LogP contribution in [0.5, 0.6) is 0 Å². The first kappa shape index (κ1) is 15.3. The van der Waals surface area contributed by atoms with Crippen LogP contribution in [0.3, 0.4) is 0 Å². The lowest BCUT2D eigenvalue weighted by Gasteiger charge is -2.25. The molecule has 1 aliphatic rings. The first-order valence-corrected chi connectivity index (χ1v) is 6.66. The molecule has 2 rings (SSSR count). The summed E-state index contributed by atoms with van der Waals surface area (Å²) in [7, 11) is 0. The summed E-state index contributed by atoms with van der Waals surface area (Å²) >= 11 is 1.64. The maximum atomic E-state index is 12.1. The molecule has 0 aromatic heterocycles. The molecule has 0 bridgehead atoms. The molecule has 1 aliphatic heterocycles. The quantitative estimate of drug-likeness (QED) is 0.893. The highest BCUT2D eigenvalue weighted by Crippen LogP contribution is 2.36. The van der Waals surface area contributed by atoms with Crippen molar-refractivity contribution in [3.05, 3.63) is 29.8 Å². The van der Waals surface area contributed by atoms with Crippen LogP contribution in [0.4, 0.5) is 0 Å². The first-order chi connectivity index (χ1) is 8.02. The molecule has 1 aromatic carbocycles. The van der Waals surface area contributed by atoms with Crippen LogP contribution >= 0.6 is 24.2 Å². The summed E-state index contributed by atoms with van der Waals surface area (Å²) in [6, 6.07) is 8.18. The van der Waals surface area contributed by atoms with Gasteiger partial charge in [0.25, 0.3) is 0 Å². The Hall–Kier alpha value is -0.710. The smallest absolute Gasteiger partial charge is 0.234 e. The number of halogens is 1. The fourth-order valence-corrected chi connectivity index (χ4v) is 2.99. The molecule has 1 atom stereocenters. The van der Waals surface area contributed by atoms with Gasteiger partial charge in [-0.1, -0.05) is 18.2 Å². The van der Waals surface area contributed by atoms with Crippen molar-refractivity contribution in [3.8, 4) is 0 Å². The van der Waals surface area contributed by atoms with Gasteiger partial charge >= 0.3 is 0 Å². The Bertz CT molecular complexity index is 412. The number of benzene rings is 1. The second-order valence-corrected chi connectivity index (χ2v) is 6.24. The Morgan fingerprint density at radius 3 is 2.78 bits per heavy atom. The van der Waals surface area contributed by atoms with Crippen LogP contribution in [0.2, 0.25) is 0 Å². The molecule has 1 heterocycles. The Morgan fingerprint density at radius 2 is 2.17 bits per heavy atom. The minimum atomic E-state index is -0.327. The van der Waals surface area contributed by atoms with E-state index < -0.39 is 0 Å². The van der Waals surface area contributed by atoms with Gasteiger partial charge in [-0.3, -0.25) is 4.79 Å². The van der Waals surface area contributed by atoms with Crippen LogP contribution in [0.1, 0.15) is 19.4 Å². The van der Waals surface area contributed by atoms with Gasteiger partial charge in [0.1, 0.15) is 0 Å². The van der Waals surface area contributed by atoms with E-state index in [0.717, 1.165) is 6.42 Å². The van der Waals surface area contributed by atoms with Crippen molar-refractivity contribution in [2.75, 3.05) is 6.54 Å². The maximum absolute atomic E-state index is 12.1. The number of amides is 1. The topological polar surface area (TPSA) is 55.1 Å². The molecular weight excluding hydrogens is 268 g/mol. The van der Waals surface area contributed by atoms with Crippen molar-refractivity contribution >= 4 is 30.1 Å². The van der Waals surface area contributed by atoms with E-state index in [1.165, 1.54) is 10.5 Å². The first-order valence-electron chi connectivity index (χ1n) is 5.78. The van der Waals surface area contributed by atoms with E-state index in [0.29, 0.717) is 6.54 Å². The summed E-state index contributed by atoms with van der Waals surface area (Å²) in [6.45, 7) is 4.33. The average molecular weight is 287 g/mol. The monoisotopic (exact) mass is 286 g/mol. The summed E-state index contributed by atoms with van der Waals surface area (Å²) in [6.07, 6.45) is 0.813. The number of carbonyl (C=O) groups excluding carboxylic acids is 1. The molecule has 3 nitrogen and oxygen atoms in total. The SMILES string of the molecule is CC(C)(CN)NC(=O)C1Cc2ccccc2S1.Cl. The van der Waals surface area contributed by atoms with Crippen molar-refractivity contribution in [2.24, 2.45) is 5.73 Å². The highest BCUT2D eigenvalue weighted by molar-refractivity contribution is 8.01. The summed E-state index contributed by atoms with van der Waals surface area (Å²) in [4.78, 5) is 13.3. The average Bonchev–Trinajstić information content (AvgIpc) is 2.72. The molecule has 0 saturated heterocycles. The van der Waals surface area contributed by atoms with Crippen LogP contribution in [-0.4, -0.2) is 23.2 Å². The zero-order valence-corrected chi connectivity index (χ0v) is 12.2. The molecule has 1 amide bonds. The van der Waals surface area contributed by atoms with Gasteiger partial charge in [-0.25, -0.2) is 0 Å². The van der Waals surface area contributed by atoms with Crippen LogP contribution in [0.15, 0.2) is 29.2 Å². The molecular formula is C13H19ClN2OS. The summed E-state index contributed by atoms with van der Waals surface area (Å²) in [5.41, 5.74) is 6.56. The van der Waals surface area contributed by atoms with Crippen molar-refractivity contribution in [3.63, 3.8) is 0 Å². The molecule has 0 spiro atoms. The van der Waals surface area contributed by atoms with Crippen molar-refractivity contribution in [1.29, 1.82) is 0 Å². The zero-order chi connectivity index (χ0) is 12.5. The lowest BCUT2D eigenvalue weighted by Crippen LogP contribution is -2.51. The predicted molar refractivity (Wildman–Crippen MR) is 78.3 cm³/mol. The van der Waals surface area contributed by atoms with Crippen molar-refractivity contribution in [1.82, 2.24) is 5.32 Å². The minimum absolute atomic E-state index is 0. The number of nitrogens with one attached hydrogen (secondary N) is 1. The van der Waals surface area contributed by atoms with Crippen LogP contribution in [-0.2, 0) is 11.2 Å². The largest absolute Gasteiger partial charge is 0.349 e. The predicted octanol–water partition coefficient (Wildman–Crippen LogP) is 1.98. The second kappa shape index (κ2) is 5.95. The summed E-state index contributed by atoms with van der Waals surface area (Å²) in [5.74, 6) is 0.0849. The van der Waals surface area contributed by atoms with Gasteiger partial charge in [-0.2, -0.15) is 0 Å². The van der Waals surface area contributed by atoms with E-state index >= 15 is 0 Å². The number of rotatable bonds is 3. The van der Waals surface area contributed by atoms with Gasteiger partial charge < -0.3 is 11.1 Å². The number of hydrogen-bond acceptors (Lipinski definition) is 3. The van der Waals surface area contributed by atoms with Gasteiger partial charge in [0, 0.05) is 17.0 Å². The molecule has 0 saturated carbocycles. The zero-order valence-electron chi connectivity index (χ0n) is 10.6. The third-order valence-corrected chi connectivity index (χ3v) is 4.23. The lowest BCUT2D eigenvalue weighted by molar-refractivity contribution is -0.122. The fraction of sp³-hybridized carbons (Fsp3) is 0.462. The molecule has 1 aromatic rings. The number of hydrogen-bond donors (Lipinski definition) is 2. The van der Waals surface area contributed by atoms with Crippen LogP contribution < -0.4 is 11.1 Å². The van der Waals surface area contributed by atoms with E-state index in [-0.39, 0.29) is 29.1 Å². The minimum Gasteiger partial charge on any atom is -0.349 e. The molecule has 3 N–H and O–H groups in total. The standard InChI is InChI=1S/C13H18N2OS.ClH/c1-13(2,8-14)15-12(16)11-7-9-5-3-4-6-10(9)17-11;/h3-6,11H,7-8,14H2,1-2H3,(H,15,16);1H.